The summed E-state index contributed by atoms with van der Waals surface area (Å²) in [6.45, 7) is 0. The fourth-order valence-corrected chi connectivity index (χ4v) is 2.54. The van der Waals surface area contributed by atoms with Gasteiger partial charge in [-0.3, -0.25) is 0 Å². The number of benzene rings is 2. The van der Waals surface area contributed by atoms with E-state index < -0.39 is 0 Å². The lowest BCUT2D eigenvalue weighted by atomic mass is 10.2. The summed E-state index contributed by atoms with van der Waals surface area (Å²) in [7, 11) is 3.24. The molecular formula is C17H14N4O2. The molecule has 23 heavy (non-hydrogen) atoms. The molecule has 2 heterocycles. The first-order valence-electron chi connectivity index (χ1n) is 7.12. The van der Waals surface area contributed by atoms with Gasteiger partial charge in [0.25, 0.3) is 0 Å². The molecule has 0 unspecified atom stereocenters. The largest absolute Gasteiger partial charge is 0.497 e. The number of methoxy groups -OCH3 is 2. The van der Waals surface area contributed by atoms with Crippen LogP contribution in [0, 0.1) is 0 Å². The molecule has 0 aliphatic rings. The van der Waals surface area contributed by atoms with Crippen LogP contribution in [0.1, 0.15) is 0 Å². The number of rotatable bonds is 3. The molecule has 114 valence electrons. The van der Waals surface area contributed by atoms with E-state index in [0.717, 1.165) is 22.1 Å². The molecule has 0 N–H and O–H groups in total. The monoisotopic (exact) mass is 306 g/mol. The first kappa shape index (κ1) is 13.5. The number of hydrogen-bond donors (Lipinski definition) is 0. The van der Waals surface area contributed by atoms with Crippen molar-refractivity contribution in [3.05, 3.63) is 48.8 Å². The minimum Gasteiger partial charge on any atom is -0.497 e. The van der Waals surface area contributed by atoms with Crippen LogP contribution < -0.4 is 9.47 Å². The number of ether oxygens (including phenoxy) is 2. The van der Waals surface area contributed by atoms with Crippen molar-refractivity contribution in [2.45, 2.75) is 0 Å². The number of para-hydroxylation sites is 1. The second-order valence-electron chi connectivity index (χ2n) is 5.07. The highest BCUT2D eigenvalue weighted by atomic mass is 16.5. The van der Waals surface area contributed by atoms with Gasteiger partial charge in [0, 0.05) is 17.0 Å². The van der Waals surface area contributed by atoms with Gasteiger partial charge < -0.3 is 9.47 Å². The van der Waals surface area contributed by atoms with Gasteiger partial charge in [-0.05, 0) is 24.3 Å². The second-order valence-corrected chi connectivity index (χ2v) is 5.07. The molecule has 0 fully saturated rings. The molecule has 0 radical (unpaired) electrons. The van der Waals surface area contributed by atoms with E-state index in [4.69, 9.17) is 9.47 Å². The van der Waals surface area contributed by atoms with Crippen molar-refractivity contribution in [2.24, 2.45) is 0 Å². The lowest BCUT2D eigenvalue weighted by Gasteiger charge is -2.05. The minimum absolute atomic E-state index is 0.598. The standard InChI is InChI=1S/C17H14N4O2/c1-22-12-7-11(8-13(9-12)23-2)16-19-17-14-5-3-4-6-15(14)18-10-21(17)20-16/h3-10H,1-2H3. The predicted molar refractivity (Wildman–Crippen MR) is 86.8 cm³/mol. The fraction of sp³-hybridized carbons (Fsp3) is 0.118. The summed E-state index contributed by atoms with van der Waals surface area (Å²) in [6.07, 6.45) is 1.67. The van der Waals surface area contributed by atoms with Crippen molar-refractivity contribution >= 4 is 16.6 Å². The first-order valence-corrected chi connectivity index (χ1v) is 7.12. The molecule has 4 aromatic rings. The molecule has 6 heteroatoms. The summed E-state index contributed by atoms with van der Waals surface area (Å²) in [5, 5.41) is 5.48. The molecule has 0 amide bonds. The van der Waals surface area contributed by atoms with Crippen LogP contribution in [-0.2, 0) is 0 Å². The number of nitrogens with zero attached hydrogens (tertiary/aromatic N) is 4. The molecule has 0 aliphatic heterocycles. The van der Waals surface area contributed by atoms with E-state index >= 15 is 0 Å². The van der Waals surface area contributed by atoms with Crippen LogP contribution in [0.3, 0.4) is 0 Å². The van der Waals surface area contributed by atoms with Crippen LogP contribution in [0.2, 0.25) is 0 Å². The zero-order valence-electron chi connectivity index (χ0n) is 12.7. The molecule has 0 aliphatic carbocycles. The van der Waals surface area contributed by atoms with Gasteiger partial charge in [0.1, 0.15) is 17.8 Å². The summed E-state index contributed by atoms with van der Waals surface area (Å²) in [5.74, 6) is 1.99. The molecule has 0 saturated carbocycles. The third-order valence-electron chi connectivity index (χ3n) is 3.69. The summed E-state index contributed by atoms with van der Waals surface area (Å²) in [4.78, 5) is 9.06. The average Bonchev–Trinajstić information content (AvgIpc) is 3.06. The molecule has 2 aromatic heterocycles. The first-order chi connectivity index (χ1) is 11.3. The van der Waals surface area contributed by atoms with Crippen molar-refractivity contribution < 1.29 is 9.47 Å². The van der Waals surface area contributed by atoms with E-state index in [2.05, 4.69) is 15.1 Å². The van der Waals surface area contributed by atoms with Crippen LogP contribution in [0.25, 0.3) is 27.9 Å². The highest BCUT2D eigenvalue weighted by Gasteiger charge is 2.12. The van der Waals surface area contributed by atoms with Gasteiger partial charge in [-0.1, -0.05) is 12.1 Å². The fourth-order valence-electron chi connectivity index (χ4n) is 2.54. The Morgan fingerprint density at radius 3 is 2.43 bits per heavy atom. The molecular weight excluding hydrogens is 292 g/mol. The van der Waals surface area contributed by atoms with Crippen molar-refractivity contribution in [2.75, 3.05) is 14.2 Å². The lowest BCUT2D eigenvalue weighted by molar-refractivity contribution is 0.394. The maximum absolute atomic E-state index is 5.31. The van der Waals surface area contributed by atoms with Gasteiger partial charge in [0.05, 0.1) is 19.7 Å². The van der Waals surface area contributed by atoms with Gasteiger partial charge in [0.15, 0.2) is 11.5 Å². The van der Waals surface area contributed by atoms with E-state index in [1.54, 1.807) is 25.1 Å². The highest BCUT2D eigenvalue weighted by Crippen LogP contribution is 2.29. The van der Waals surface area contributed by atoms with E-state index in [1.807, 2.05) is 42.5 Å². The van der Waals surface area contributed by atoms with Crippen LogP contribution in [0.4, 0.5) is 0 Å². The third kappa shape index (κ3) is 2.24. The maximum Gasteiger partial charge on any atom is 0.182 e. The predicted octanol–water partition coefficient (Wildman–Crippen LogP) is 2.96. The number of aromatic nitrogens is 4. The Bertz CT molecular complexity index is 988. The van der Waals surface area contributed by atoms with Crippen LogP contribution in [0.5, 0.6) is 11.5 Å². The Labute approximate surface area is 132 Å². The second kappa shape index (κ2) is 5.24. The van der Waals surface area contributed by atoms with Crippen molar-refractivity contribution in [1.82, 2.24) is 19.6 Å². The van der Waals surface area contributed by atoms with Crippen molar-refractivity contribution in [1.29, 1.82) is 0 Å². The van der Waals surface area contributed by atoms with Gasteiger partial charge in [-0.15, -0.1) is 5.10 Å². The van der Waals surface area contributed by atoms with E-state index in [-0.39, 0.29) is 0 Å². The number of fused-ring (bicyclic) bond motifs is 3. The minimum atomic E-state index is 0.598. The SMILES string of the molecule is COc1cc(OC)cc(-c2nc3c4ccccc4ncn3n2)c1. The lowest BCUT2D eigenvalue weighted by Crippen LogP contribution is -1.91. The Morgan fingerprint density at radius 2 is 1.70 bits per heavy atom. The molecule has 2 aromatic carbocycles. The maximum atomic E-state index is 5.31. The van der Waals surface area contributed by atoms with Crippen LogP contribution >= 0.6 is 0 Å². The van der Waals surface area contributed by atoms with E-state index in [9.17, 15) is 0 Å². The topological polar surface area (TPSA) is 61.5 Å². The number of hydrogen-bond acceptors (Lipinski definition) is 5. The van der Waals surface area contributed by atoms with E-state index in [0.29, 0.717) is 17.3 Å². The van der Waals surface area contributed by atoms with Gasteiger partial charge in [-0.2, -0.15) is 0 Å². The molecule has 0 bridgehead atoms. The Balaban J connectivity index is 1.94. The van der Waals surface area contributed by atoms with Crippen LogP contribution in [0.15, 0.2) is 48.8 Å². The molecule has 6 nitrogen and oxygen atoms in total. The van der Waals surface area contributed by atoms with Crippen molar-refractivity contribution in [3.63, 3.8) is 0 Å². The summed E-state index contributed by atoms with van der Waals surface area (Å²) in [6, 6.07) is 13.4. The van der Waals surface area contributed by atoms with Crippen molar-refractivity contribution in [3.8, 4) is 22.9 Å². The van der Waals surface area contributed by atoms with Crippen LogP contribution in [-0.4, -0.2) is 33.8 Å². The Morgan fingerprint density at radius 1 is 0.957 bits per heavy atom. The summed E-state index contributed by atoms with van der Waals surface area (Å²) in [5.41, 5.74) is 2.49. The van der Waals surface area contributed by atoms with Gasteiger partial charge in [0.2, 0.25) is 0 Å². The zero-order chi connectivity index (χ0) is 15.8. The third-order valence-corrected chi connectivity index (χ3v) is 3.69. The highest BCUT2D eigenvalue weighted by molar-refractivity contribution is 5.91. The quantitative estimate of drug-likeness (QED) is 0.582. The molecule has 0 atom stereocenters. The zero-order valence-corrected chi connectivity index (χ0v) is 12.7. The average molecular weight is 306 g/mol. The van der Waals surface area contributed by atoms with Gasteiger partial charge in [-0.25, -0.2) is 14.5 Å². The van der Waals surface area contributed by atoms with E-state index in [1.165, 1.54) is 0 Å². The van der Waals surface area contributed by atoms with Gasteiger partial charge >= 0.3 is 0 Å². The molecule has 0 saturated heterocycles. The summed E-state index contributed by atoms with van der Waals surface area (Å²) < 4.78 is 12.3. The Kier molecular flexibility index (Phi) is 3.08. The summed E-state index contributed by atoms with van der Waals surface area (Å²) >= 11 is 0. The molecule has 4 rings (SSSR count). The molecule has 0 spiro atoms. The normalized spacial score (nSPS) is 11.0. The smallest absolute Gasteiger partial charge is 0.182 e. The Hall–Kier alpha value is -3.15.